The van der Waals surface area contributed by atoms with Gasteiger partial charge < -0.3 is 19.5 Å². The molecule has 0 bridgehead atoms. The zero-order valence-corrected chi connectivity index (χ0v) is 15.9. The Bertz CT molecular complexity index is 927. The molecule has 7 nitrogen and oxygen atoms in total. The predicted molar refractivity (Wildman–Crippen MR) is 103 cm³/mol. The normalized spacial score (nSPS) is 17.1. The van der Waals surface area contributed by atoms with Gasteiger partial charge in [-0.1, -0.05) is 19.1 Å². The van der Waals surface area contributed by atoms with E-state index < -0.39 is 6.10 Å². The molecule has 1 N–H and O–H groups in total. The van der Waals surface area contributed by atoms with Crippen molar-refractivity contribution < 1.29 is 23.8 Å². The Morgan fingerprint density at radius 2 is 1.93 bits per heavy atom. The van der Waals surface area contributed by atoms with Crippen LogP contribution in [-0.2, 0) is 16.1 Å². The Balaban J connectivity index is 1.46. The number of anilines is 1. The van der Waals surface area contributed by atoms with E-state index >= 15 is 0 Å². The lowest BCUT2D eigenvalue weighted by Gasteiger charge is -2.33. The van der Waals surface area contributed by atoms with Gasteiger partial charge >= 0.3 is 0 Å². The van der Waals surface area contributed by atoms with E-state index in [0.717, 1.165) is 11.1 Å². The number of hydrogen-bond donors (Lipinski definition) is 1. The molecule has 28 heavy (non-hydrogen) atoms. The number of benzene rings is 2. The van der Waals surface area contributed by atoms with Crippen LogP contribution in [0.3, 0.4) is 0 Å². The van der Waals surface area contributed by atoms with E-state index in [1.54, 1.807) is 0 Å². The minimum atomic E-state index is -0.572. The fraction of sp³-hybridized carbons (Fsp3) is 0.333. The minimum absolute atomic E-state index is 0.0559. The number of nitrogens with zero attached hydrogens (tertiary/aromatic N) is 1. The highest BCUT2D eigenvalue weighted by atomic mass is 16.7. The van der Waals surface area contributed by atoms with Crippen LogP contribution in [0.1, 0.15) is 24.5 Å². The monoisotopic (exact) mass is 382 g/mol. The van der Waals surface area contributed by atoms with Crippen LogP contribution in [0.5, 0.6) is 17.2 Å². The standard InChI is InChI=1S/C21H22N2O5/c1-3-16-21(25)23(15-8-13(2)4-6-17(15)28-16)11-20(24)22-10-14-5-7-18-19(9-14)27-12-26-18/h4-9,16H,3,10-12H2,1-2H3,(H,22,24). The summed E-state index contributed by atoms with van der Waals surface area (Å²) < 4.78 is 16.4. The summed E-state index contributed by atoms with van der Waals surface area (Å²) in [4.78, 5) is 26.8. The van der Waals surface area contributed by atoms with E-state index in [1.807, 2.05) is 50.2 Å². The molecule has 0 fully saturated rings. The highest BCUT2D eigenvalue weighted by Gasteiger charge is 2.34. The third kappa shape index (κ3) is 3.47. The van der Waals surface area contributed by atoms with Crippen molar-refractivity contribution in [2.45, 2.75) is 32.9 Å². The van der Waals surface area contributed by atoms with Crippen molar-refractivity contribution in [1.82, 2.24) is 5.32 Å². The predicted octanol–water partition coefficient (Wildman–Crippen LogP) is 2.54. The number of ether oxygens (including phenoxy) is 3. The number of rotatable bonds is 5. The molecule has 0 saturated heterocycles. The summed E-state index contributed by atoms with van der Waals surface area (Å²) in [5.41, 5.74) is 2.53. The molecule has 2 aliphatic heterocycles. The second-order valence-corrected chi connectivity index (χ2v) is 6.87. The van der Waals surface area contributed by atoms with E-state index in [1.165, 1.54) is 4.90 Å². The van der Waals surface area contributed by atoms with E-state index in [0.29, 0.717) is 35.9 Å². The van der Waals surface area contributed by atoms with Crippen LogP contribution in [0, 0.1) is 6.92 Å². The van der Waals surface area contributed by atoms with Gasteiger partial charge in [-0.2, -0.15) is 0 Å². The van der Waals surface area contributed by atoms with Crippen LogP contribution in [0.15, 0.2) is 36.4 Å². The van der Waals surface area contributed by atoms with Crippen molar-refractivity contribution in [1.29, 1.82) is 0 Å². The first-order valence-corrected chi connectivity index (χ1v) is 9.29. The summed E-state index contributed by atoms with van der Waals surface area (Å²) >= 11 is 0. The fourth-order valence-electron chi connectivity index (χ4n) is 3.31. The highest BCUT2D eigenvalue weighted by Crippen LogP contribution is 2.35. The third-order valence-corrected chi connectivity index (χ3v) is 4.82. The second-order valence-electron chi connectivity index (χ2n) is 6.87. The topological polar surface area (TPSA) is 77.1 Å². The van der Waals surface area contributed by atoms with Gasteiger partial charge in [0.2, 0.25) is 12.7 Å². The minimum Gasteiger partial charge on any atom is -0.478 e. The van der Waals surface area contributed by atoms with Crippen LogP contribution in [0.2, 0.25) is 0 Å². The van der Waals surface area contributed by atoms with Crippen LogP contribution in [0.4, 0.5) is 5.69 Å². The molecule has 1 atom stereocenters. The molecule has 0 spiro atoms. The smallest absolute Gasteiger partial charge is 0.268 e. The summed E-state index contributed by atoms with van der Waals surface area (Å²) in [6.07, 6.45) is -0.0292. The van der Waals surface area contributed by atoms with E-state index in [9.17, 15) is 9.59 Å². The third-order valence-electron chi connectivity index (χ3n) is 4.82. The number of aryl methyl sites for hydroxylation is 1. The van der Waals surface area contributed by atoms with Crippen molar-refractivity contribution in [3.8, 4) is 17.2 Å². The summed E-state index contributed by atoms with van der Waals surface area (Å²) in [5.74, 6) is 1.56. The first-order valence-electron chi connectivity index (χ1n) is 9.29. The molecule has 0 aliphatic carbocycles. The van der Waals surface area contributed by atoms with Gasteiger partial charge in [0.25, 0.3) is 5.91 Å². The molecule has 2 aromatic rings. The van der Waals surface area contributed by atoms with Crippen LogP contribution in [0.25, 0.3) is 0 Å². The molecule has 146 valence electrons. The number of hydrogen-bond acceptors (Lipinski definition) is 5. The number of carbonyl (C=O) groups excluding carboxylic acids is 2. The first kappa shape index (κ1) is 18.2. The molecule has 7 heteroatoms. The SMILES string of the molecule is CCC1Oc2ccc(C)cc2N(CC(=O)NCc2ccc3c(c2)OCO3)C1=O. The van der Waals surface area contributed by atoms with Gasteiger partial charge in [0.1, 0.15) is 12.3 Å². The van der Waals surface area contributed by atoms with Crippen molar-refractivity contribution in [3.63, 3.8) is 0 Å². The molecule has 2 amide bonds. The van der Waals surface area contributed by atoms with Gasteiger partial charge in [0, 0.05) is 6.54 Å². The summed E-state index contributed by atoms with van der Waals surface area (Å²) in [5, 5.41) is 2.87. The lowest BCUT2D eigenvalue weighted by molar-refractivity contribution is -0.129. The maximum atomic E-state index is 12.8. The fourth-order valence-corrected chi connectivity index (χ4v) is 3.31. The Hall–Kier alpha value is -3.22. The largest absolute Gasteiger partial charge is 0.478 e. The maximum Gasteiger partial charge on any atom is 0.268 e. The van der Waals surface area contributed by atoms with Crippen LogP contribution in [-0.4, -0.2) is 31.3 Å². The molecule has 2 aromatic carbocycles. The number of carbonyl (C=O) groups is 2. The van der Waals surface area contributed by atoms with Gasteiger partial charge in [0.15, 0.2) is 17.6 Å². The van der Waals surface area contributed by atoms with Crippen LogP contribution >= 0.6 is 0 Å². The zero-order valence-electron chi connectivity index (χ0n) is 15.9. The van der Waals surface area contributed by atoms with Gasteiger partial charge in [0.05, 0.1) is 5.69 Å². The number of fused-ring (bicyclic) bond motifs is 2. The van der Waals surface area contributed by atoms with Gasteiger partial charge in [-0.3, -0.25) is 14.5 Å². The van der Waals surface area contributed by atoms with Crippen LogP contribution < -0.4 is 24.4 Å². The molecule has 1 unspecified atom stereocenters. The van der Waals surface area contributed by atoms with Gasteiger partial charge in [-0.05, 0) is 48.7 Å². The Kier molecular flexibility index (Phi) is 4.81. The quantitative estimate of drug-likeness (QED) is 0.860. The zero-order chi connectivity index (χ0) is 19.7. The lowest BCUT2D eigenvalue weighted by Crippen LogP contribution is -2.49. The van der Waals surface area contributed by atoms with Crippen molar-refractivity contribution >= 4 is 17.5 Å². The highest BCUT2D eigenvalue weighted by molar-refractivity contribution is 6.03. The van der Waals surface area contributed by atoms with Gasteiger partial charge in [-0.25, -0.2) is 0 Å². The van der Waals surface area contributed by atoms with Crippen molar-refractivity contribution in [3.05, 3.63) is 47.5 Å². The molecular formula is C21H22N2O5. The van der Waals surface area contributed by atoms with E-state index in [2.05, 4.69) is 5.32 Å². The maximum absolute atomic E-state index is 12.8. The molecular weight excluding hydrogens is 360 g/mol. The summed E-state index contributed by atoms with van der Waals surface area (Å²) in [7, 11) is 0. The Morgan fingerprint density at radius 1 is 1.14 bits per heavy atom. The Labute approximate surface area is 163 Å². The van der Waals surface area contributed by atoms with Crippen molar-refractivity contribution in [2.24, 2.45) is 0 Å². The van der Waals surface area contributed by atoms with Gasteiger partial charge in [-0.15, -0.1) is 0 Å². The number of amides is 2. The summed E-state index contributed by atoms with van der Waals surface area (Å²) in [6.45, 7) is 4.32. The van der Waals surface area contributed by atoms with E-state index in [-0.39, 0.29) is 25.2 Å². The average molecular weight is 382 g/mol. The first-order chi connectivity index (χ1) is 13.5. The molecule has 0 radical (unpaired) electrons. The Morgan fingerprint density at radius 3 is 2.75 bits per heavy atom. The number of nitrogens with one attached hydrogen (secondary N) is 1. The molecule has 0 saturated carbocycles. The molecule has 0 aromatic heterocycles. The molecule has 4 rings (SSSR count). The average Bonchev–Trinajstić information content (AvgIpc) is 3.16. The molecule has 2 heterocycles. The van der Waals surface area contributed by atoms with E-state index in [4.69, 9.17) is 14.2 Å². The summed E-state index contributed by atoms with van der Waals surface area (Å²) in [6, 6.07) is 11.2. The van der Waals surface area contributed by atoms with Crippen molar-refractivity contribution in [2.75, 3.05) is 18.2 Å². The lowest BCUT2D eigenvalue weighted by atomic mass is 10.1. The molecule has 2 aliphatic rings. The second kappa shape index (κ2) is 7.42.